The van der Waals surface area contributed by atoms with Crippen LogP contribution in [0, 0.1) is 44.2 Å². The molecule has 0 saturated carbocycles. The number of rotatable bonds is 15. The van der Waals surface area contributed by atoms with Crippen molar-refractivity contribution >= 4 is 121 Å². The van der Waals surface area contributed by atoms with Crippen LogP contribution in [0.1, 0.15) is 100 Å². The molecule has 0 spiro atoms. The Labute approximate surface area is 761 Å². The highest BCUT2D eigenvalue weighted by Crippen LogP contribution is 2.36. The van der Waals surface area contributed by atoms with Crippen molar-refractivity contribution in [3.63, 3.8) is 0 Å². The molecule has 4 aliphatic heterocycles. The molecule has 39 nitrogen and oxygen atoms in total. The first-order valence-corrected chi connectivity index (χ1v) is 41.7. The van der Waals surface area contributed by atoms with Gasteiger partial charge in [-0.2, -0.15) is 0 Å². The molecular formula is C87H102BrCl2N23O16. The zero-order chi connectivity index (χ0) is 94.6. The van der Waals surface area contributed by atoms with Gasteiger partial charge < -0.3 is 80.6 Å². The van der Waals surface area contributed by atoms with Crippen LogP contribution in [0.4, 0.5) is 52.4 Å². The summed E-state index contributed by atoms with van der Waals surface area (Å²) in [5, 5.41) is 47.1. The second kappa shape index (κ2) is 46.1. The number of benzene rings is 5. The molecule has 682 valence electrons. The van der Waals surface area contributed by atoms with Crippen molar-refractivity contribution < 1.29 is 60.8 Å². The molecule has 11 N–H and O–H groups in total. The molecule has 0 aliphatic carbocycles. The Bertz CT molecular complexity index is 5780. The number of nitrogen functional groups attached to an aromatic ring is 1. The van der Waals surface area contributed by atoms with E-state index >= 15 is 0 Å². The van der Waals surface area contributed by atoms with Crippen LogP contribution in [0.3, 0.4) is 0 Å². The van der Waals surface area contributed by atoms with Crippen molar-refractivity contribution in [3.05, 3.63) is 236 Å². The van der Waals surface area contributed by atoms with E-state index in [9.17, 15) is 54.3 Å². The van der Waals surface area contributed by atoms with Gasteiger partial charge >= 0.3 is 0 Å². The monoisotopic (exact) mass is 1870 g/mol. The molecule has 0 bridgehead atoms. The summed E-state index contributed by atoms with van der Waals surface area (Å²) in [4.78, 5) is 130. The molecule has 4 aliphatic rings. The molecule has 16 rings (SSSR count). The van der Waals surface area contributed by atoms with Gasteiger partial charge in [0.25, 0.3) is 40.5 Å². The molecule has 42 heteroatoms. The number of aromatic nitrogens is 9. The number of non-ortho nitro benzene ring substituents is 3. The van der Waals surface area contributed by atoms with Gasteiger partial charge in [-0.1, -0.05) is 76.6 Å². The molecule has 4 fully saturated rings. The first-order chi connectivity index (χ1) is 61.0. The molecule has 7 aromatic heterocycles. The Morgan fingerprint density at radius 2 is 0.915 bits per heavy atom. The second-order valence-electron chi connectivity index (χ2n) is 31.2. The minimum Gasteiger partial charge on any atom is -0.444 e. The van der Waals surface area contributed by atoms with E-state index in [1.807, 2.05) is 134 Å². The third-order valence-electron chi connectivity index (χ3n) is 19.6. The number of oxazole rings is 5. The summed E-state index contributed by atoms with van der Waals surface area (Å²) >= 11 is 14.1. The van der Waals surface area contributed by atoms with Crippen LogP contribution in [0.15, 0.2) is 205 Å². The predicted molar refractivity (Wildman–Crippen MR) is 492 cm³/mol. The maximum Gasteiger partial charge on any atom is 0.298 e. The summed E-state index contributed by atoms with van der Waals surface area (Å²) in [6.07, 6.45) is 14.2. The molecule has 0 radical (unpaired) electrons. The number of carbonyl (C=O) groups is 5. The number of hydrogen-bond acceptors (Lipinski definition) is 33. The van der Waals surface area contributed by atoms with Gasteiger partial charge in [0.1, 0.15) is 22.4 Å². The number of amides is 3. The fourth-order valence-corrected chi connectivity index (χ4v) is 12.2. The lowest BCUT2D eigenvalue weighted by Gasteiger charge is -2.40. The van der Waals surface area contributed by atoms with E-state index in [-0.39, 0.29) is 55.8 Å². The largest absolute Gasteiger partial charge is 0.444 e. The quantitative estimate of drug-likeness (QED) is 0.0155. The number of anilines is 6. The Morgan fingerprint density at radius 1 is 0.527 bits per heavy atom. The number of ketones is 2. The van der Waals surface area contributed by atoms with E-state index < -0.39 is 31.4 Å². The van der Waals surface area contributed by atoms with E-state index in [4.69, 9.17) is 62.5 Å². The minimum absolute atomic E-state index is 0.0000208. The van der Waals surface area contributed by atoms with Crippen LogP contribution in [0.5, 0.6) is 0 Å². The van der Waals surface area contributed by atoms with Crippen LogP contribution in [0.2, 0.25) is 10.6 Å². The second-order valence-corrected chi connectivity index (χ2v) is 33.8. The summed E-state index contributed by atoms with van der Waals surface area (Å²) in [7, 11) is 0. The summed E-state index contributed by atoms with van der Waals surface area (Å²) in [6, 6.07) is 38.5. The van der Waals surface area contributed by atoms with Crippen molar-refractivity contribution in [2.75, 3.05) is 84.7 Å². The first-order valence-electron chi connectivity index (χ1n) is 40.2. The molecule has 5 aromatic carbocycles. The van der Waals surface area contributed by atoms with Crippen molar-refractivity contribution in [1.82, 2.24) is 66.1 Å². The Balaban J connectivity index is 0.000000188. The fourth-order valence-electron chi connectivity index (χ4n) is 11.9. The van der Waals surface area contributed by atoms with Crippen molar-refractivity contribution in [2.45, 2.75) is 129 Å². The number of aryl methyl sites for hydroxylation is 2. The van der Waals surface area contributed by atoms with Gasteiger partial charge in [0, 0.05) is 158 Å². The number of piperazine rings is 3. The topological polar surface area (TPSA) is 544 Å². The van der Waals surface area contributed by atoms with Gasteiger partial charge in [-0.05, 0) is 163 Å². The molecule has 0 unspecified atom stereocenters. The van der Waals surface area contributed by atoms with Gasteiger partial charge in [0.15, 0.2) is 41.0 Å². The maximum absolute atomic E-state index is 12.2. The third-order valence-corrected chi connectivity index (χ3v) is 20.6. The van der Waals surface area contributed by atoms with Crippen LogP contribution in [-0.4, -0.2) is 174 Å². The van der Waals surface area contributed by atoms with Crippen LogP contribution in [-0.2, 0) is 24.0 Å². The van der Waals surface area contributed by atoms with Gasteiger partial charge in [-0.25, -0.2) is 44.9 Å². The van der Waals surface area contributed by atoms with Crippen molar-refractivity contribution in [1.29, 1.82) is 0 Å². The smallest absolute Gasteiger partial charge is 0.298 e. The number of nitrogens with zero attached hydrogens (tertiary/aromatic N) is 15. The molecular weight excluding hydrogens is 1770 g/mol. The lowest BCUT2D eigenvalue weighted by atomic mass is 9.92. The minimum atomic E-state index is -0.775. The molecule has 3 amide bonds. The summed E-state index contributed by atoms with van der Waals surface area (Å²) < 4.78 is 27.3. The lowest BCUT2D eigenvalue weighted by molar-refractivity contribution is -0.385. The summed E-state index contributed by atoms with van der Waals surface area (Å²) in [6.45, 7) is 29.6. The van der Waals surface area contributed by atoms with Crippen molar-refractivity contribution in [3.8, 4) is 56.6 Å². The average molecular weight is 1880 g/mol. The van der Waals surface area contributed by atoms with Crippen LogP contribution in [0.25, 0.3) is 56.6 Å². The third kappa shape index (κ3) is 29.1. The number of nitro benzene ring substituents is 3. The molecule has 12 aromatic rings. The van der Waals surface area contributed by atoms with E-state index in [1.165, 1.54) is 61.4 Å². The van der Waals surface area contributed by atoms with E-state index in [0.29, 0.717) is 139 Å². The number of Topliss-reactive ketones (excluding diaryl/α,β-unsaturated/α-hetero) is 2. The van der Waals surface area contributed by atoms with Crippen LogP contribution >= 0.6 is 39.1 Å². The number of alkyl halides is 1. The fraction of sp³-hybridized carbons (Fsp3) is 0.333. The average Bonchev–Trinajstić information content (AvgIpc) is 1.73. The van der Waals surface area contributed by atoms with E-state index in [1.54, 1.807) is 92.9 Å². The number of halogens is 3. The number of piperidine rings is 1. The van der Waals surface area contributed by atoms with Crippen LogP contribution < -0.4 is 58.5 Å². The normalized spacial score (nSPS) is 14.9. The zero-order valence-corrected chi connectivity index (χ0v) is 76.3. The van der Waals surface area contributed by atoms with E-state index in [2.05, 4.69) is 87.4 Å². The number of nitrogens with two attached hydrogens (primary N) is 3. The Hall–Kier alpha value is -13.8. The molecule has 11 heterocycles. The lowest BCUT2D eigenvalue weighted by Crippen LogP contribution is -2.62. The van der Waals surface area contributed by atoms with Gasteiger partial charge in [-0.3, -0.25) is 54.3 Å². The number of nitro groups is 3. The number of carbonyl (C=O) groups excluding carboxylic acids is 5. The van der Waals surface area contributed by atoms with E-state index in [0.717, 1.165) is 47.6 Å². The van der Waals surface area contributed by atoms with Gasteiger partial charge in [0.05, 0.1) is 55.6 Å². The highest BCUT2D eigenvalue weighted by molar-refractivity contribution is 9.10. The maximum atomic E-state index is 12.2. The SMILES string of the molecule is CC(=O)C(C)(C)Br.CC1(C)C(=O)NCCN1c1ncc(-c2cccc(N)c2)o1.CC1(C)C(=O)NCCN1c1ncc(-c2cccc([N+](=O)[O-])c2)o1.CC1(C)NCCCC1=O.Cc1ccnc(Cl)n1.Cc1ccnc(Nc2cccc(-c3cnc(N4CCNC(=O)C4(C)C)o3)c2)n1.NCCN.O=[N+]([O-])c1cccc(-c2cnc(Cl)o2)c1.O=[N+]([O-])c1cccc(-c2cnco2)c1. The summed E-state index contributed by atoms with van der Waals surface area (Å²) in [5.74, 6) is 3.49. The number of hydrogen-bond donors (Lipinski definition) is 8. The van der Waals surface area contributed by atoms with Gasteiger partial charge in [0.2, 0.25) is 29.0 Å². The predicted octanol–water partition coefficient (Wildman–Crippen LogP) is 14.5. The highest BCUT2D eigenvalue weighted by atomic mass is 79.9. The molecule has 0 atom stereocenters. The Kier molecular flexibility index (Phi) is 35.9. The first kappa shape index (κ1) is 101. The standard InChI is InChI=1S/C20H22N6O2.C15H16N4O4.C15H18N4O2.C9H5ClN2O3.C9H6N2O3.C7H13NO.C5H9BrO.C5H5ClN2.C2H8N2/c1-13-7-8-22-18(24-13)25-15-6-4-5-14(11-15)16-12-23-19(28-16)26-10-9-21-17(27)20(26,2)3;1-15(2)13(20)16-6-7-18(15)14-17-9-12(23-14)10-4-3-5-11(8-10)19(21)22;1-15(2)13(20)17-6-7-19(15)14-18-9-12(21-14)10-4-3-5-11(16)8-10;10-9-11-5-8(15-9)6-2-1-3-7(4-6)12(13)14;12-11(13)8-3-1-2-7(4-8)9-5-10-6-14-9;1-7(2)6(9)4-3-5-8-7;1-4(7)5(2,3)6;1-4-2-3-7-5(6)8-4;3-1-2-4/h4-8,11-12H,9-10H2,1-3H3,(H,21,27)(H,22,24,25);3-5,8-9H,6-7H2,1-2H3,(H,16,20);3-5,8-9H,6-7,16H2,1-2H3,(H,17,20);1-5H;1-6H;8H,3-5H2,1-2H3;1-3H3;2-3H,1H3;1-4H2. The van der Waals surface area contributed by atoms with Gasteiger partial charge in [-0.15, -0.1) is 0 Å². The molecule has 129 heavy (non-hydrogen) atoms. The Morgan fingerprint density at radius 3 is 1.26 bits per heavy atom. The molecule has 4 saturated heterocycles. The summed E-state index contributed by atoms with van der Waals surface area (Å²) in [5.41, 5.74) is 20.0. The number of nitrogens with one attached hydrogen (secondary N) is 5. The highest BCUT2D eigenvalue weighted by Gasteiger charge is 2.43. The zero-order valence-electron chi connectivity index (χ0n) is 73.2. The van der Waals surface area contributed by atoms with Crippen molar-refractivity contribution in [2.24, 2.45) is 11.5 Å².